The van der Waals surface area contributed by atoms with E-state index < -0.39 is 5.97 Å². The van der Waals surface area contributed by atoms with Gasteiger partial charge in [-0.05, 0) is 52.5 Å². The zero-order chi connectivity index (χ0) is 17.1. The van der Waals surface area contributed by atoms with Gasteiger partial charge >= 0.3 is 5.97 Å². The summed E-state index contributed by atoms with van der Waals surface area (Å²) in [7, 11) is 1.35. The maximum Gasteiger partial charge on any atom is 0.339 e. The molecule has 1 aliphatic carbocycles. The SMILES string of the molecule is COC(=O)c1ccccc1-n1c(C=O)cc(Br)c1C1=CC=CCC1. The molecule has 3 rings (SSSR count). The van der Waals surface area contributed by atoms with E-state index in [0.717, 1.165) is 34.9 Å². The Morgan fingerprint density at radius 1 is 1.33 bits per heavy atom. The van der Waals surface area contributed by atoms with Gasteiger partial charge < -0.3 is 9.30 Å². The Kier molecular flexibility index (Phi) is 4.81. The average molecular weight is 386 g/mol. The zero-order valence-electron chi connectivity index (χ0n) is 13.2. The van der Waals surface area contributed by atoms with Crippen molar-refractivity contribution in [2.45, 2.75) is 12.8 Å². The average Bonchev–Trinajstić information content (AvgIpc) is 2.98. The molecule has 5 heteroatoms. The van der Waals surface area contributed by atoms with Crippen LogP contribution in [0.2, 0.25) is 0 Å². The van der Waals surface area contributed by atoms with Crippen LogP contribution in [0.4, 0.5) is 0 Å². The van der Waals surface area contributed by atoms with Crippen LogP contribution >= 0.6 is 15.9 Å². The van der Waals surface area contributed by atoms with Gasteiger partial charge in [0.1, 0.15) is 0 Å². The third-order valence-electron chi connectivity index (χ3n) is 3.97. The Balaban J connectivity index is 2.29. The summed E-state index contributed by atoms with van der Waals surface area (Å²) in [6, 6.07) is 8.90. The fourth-order valence-electron chi connectivity index (χ4n) is 2.89. The molecule has 0 spiro atoms. The molecule has 1 aromatic carbocycles. The number of benzene rings is 1. The lowest BCUT2D eigenvalue weighted by molar-refractivity contribution is 0.0600. The molecule has 0 bridgehead atoms. The van der Waals surface area contributed by atoms with Crippen LogP contribution in [0.1, 0.15) is 39.4 Å². The number of methoxy groups -OCH3 is 1. The highest BCUT2D eigenvalue weighted by Gasteiger charge is 2.22. The van der Waals surface area contributed by atoms with Crippen molar-refractivity contribution >= 4 is 33.8 Å². The van der Waals surface area contributed by atoms with Gasteiger partial charge in [0.2, 0.25) is 0 Å². The van der Waals surface area contributed by atoms with Crippen LogP contribution in [0.3, 0.4) is 0 Å². The Morgan fingerprint density at radius 3 is 2.79 bits per heavy atom. The minimum atomic E-state index is -0.434. The number of hydrogen-bond acceptors (Lipinski definition) is 3. The van der Waals surface area contributed by atoms with E-state index in [1.54, 1.807) is 18.2 Å². The Hall–Kier alpha value is -2.40. The van der Waals surface area contributed by atoms with Gasteiger partial charge in [-0.3, -0.25) is 4.79 Å². The van der Waals surface area contributed by atoms with Crippen LogP contribution in [0.15, 0.2) is 53.0 Å². The standard InChI is InChI=1S/C19H16BrNO3/c1-24-19(23)15-9-5-6-10-17(15)21-14(12-22)11-16(20)18(21)13-7-3-2-4-8-13/h2-3,5-7,9-12H,4,8H2,1H3. The molecule has 2 aromatic rings. The molecule has 0 amide bonds. The van der Waals surface area contributed by atoms with Gasteiger partial charge in [0, 0.05) is 4.47 Å². The first-order valence-corrected chi connectivity index (χ1v) is 8.37. The van der Waals surface area contributed by atoms with E-state index in [-0.39, 0.29) is 0 Å². The highest BCUT2D eigenvalue weighted by atomic mass is 79.9. The molecule has 0 N–H and O–H groups in total. The van der Waals surface area contributed by atoms with E-state index in [1.165, 1.54) is 7.11 Å². The second-order valence-electron chi connectivity index (χ2n) is 5.39. The van der Waals surface area contributed by atoms with Crippen molar-refractivity contribution in [1.82, 2.24) is 4.57 Å². The van der Waals surface area contributed by atoms with Crippen molar-refractivity contribution in [3.63, 3.8) is 0 Å². The maximum absolute atomic E-state index is 12.1. The van der Waals surface area contributed by atoms with Gasteiger partial charge in [0.05, 0.1) is 29.7 Å². The Morgan fingerprint density at radius 2 is 2.12 bits per heavy atom. The summed E-state index contributed by atoms with van der Waals surface area (Å²) in [6.07, 6.45) is 8.76. The highest BCUT2D eigenvalue weighted by molar-refractivity contribution is 9.10. The van der Waals surface area contributed by atoms with Crippen LogP contribution in [-0.4, -0.2) is 23.9 Å². The van der Waals surface area contributed by atoms with Gasteiger partial charge in [-0.15, -0.1) is 0 Å². The first kappa shape index (κ1) is 16.5. The minimum absolute atomic E-state index is 0.416. The van der Waals surface area contributed by atoms with Crippen LogP contribution < -0.4 is 0 Å². The number of aromatic nitrogens is 1. The number of ether oxygens (including phenoxy) is 1. The second-order valence-corrected chi connectivity index (χ2v) is 6.24. The number of halogens is 1. The number of allylic oxidation sites excluding steroid dienone is 4. The zero-order valence-corrected chi connectivity index (χ0v) is 14.7. The van der Waals surface area contributed by atoms with Crippen LogP contribution in [0.5, 0.6) is 0 Å². The molecule has 0 saturated carbocycles. The number of carbonyl (C=O) groups excluding carboxylic acids is 2. The molecule has 0 radical (unpaired) electrons. The number of esters is 1. The molecule has 4 nitrogen and oxygen atoms in total. The highest BCUT2D eigenvalue weighted by Crippen LogP contribution is 2.35. The van der Waals surface area contributed by atoms with E-state index in [4.69, 9.17) is 4.74 Å². The first-order chi connectivity index (χ1) is 11.7. The quantitative estimate of drug-likeness (QED) is 0.571. The van der Waals surface area contributed by atoms with E-state index in [0.29, 0.717) is 16.9 Å². The monoisotopic (exact) mass is 385 g/mol. The van der Waals surface area contributed by atoms with E-state index in [1.807, 2.05) is 28.9 Å². The van der Waals surface area contributed by atoms with Crippen molar-refractivity contribution in [2.24, 2.45) is 0 Å². The topological polar surface area (TPSA) is 48.3 Å². The van der Waals surface area contributed by atoms with Crippen LogP contribution in [0.25, 0.3) is 11.3 Å². The maximum atomic E-state index is 12.1. The first-order valence-electron chi connectivity index (χ1n) is 7.57. The molecule has 0 atom stereocenters. The Labute approximate surface area is 148 Å². The van der Waals surface area contributed by atoms with Gasteiger partial charge in [-0.1, -0.05) is 30.4 Å². The normalized spacial score (nSPS) is 13.5. The van der Waals surface area contributed by atoms with Crippen molar-refractivity contribution in [2.75, 3.05) is 7.11 Å². The van der Waals surface area contributed by atoms with Crippen molar-refractivity contribution < 1.29 is 14.3 Å². The van der Waals surface area contributed by atoms with Crippen molar-refractivity contribution in [3.05, 3.63) is 70.0 Å². The van der Waals surface area contributed by atoms with Gasteiger partial charge in [-0.25, -0.2) is 4.79 Å². The number of nitrogens with zero attached hydrogens (tertiary/aromatic N) is 1. The van der Waals surface area contributed by atoms with Crippen LogP contribution in [0, 0.1) is 0 Å². The predicted molar refractivity (Wildman–Crippen MR) is 96.5 cm³/mol. The molecule has 0 saturated heterocycles. The third kappa shape index (κ3) is 2.87. The lowest BCUT2D eigenvalue weighted by atomic mass is 10.0. The van der Waals surface area contributed by atoms with Crippen molar-refractivity contribution in [1.29, 1.82) is 0 Å². The fraction of sp³-hybridized carbons (Fsp3) is 0.158. The summed E-state index contributed by atoms with van der Waals surface area (Å²) in [4.78, 5) is 23.7. The lowest BCUT2D eigenvalue weighted by Crippen LogP contribution is -2.11. The summed E-state index contributed by atoms with van der Waals surface area (Å²) >= 11 is 3.56. The number of rotatable bonds is 4. The molecule has 0 fully saturated rings. The van der Waals surface area contributed by atoms with Gasteiger partial charge in [0.25, 0.3) is 0 Å². The summed E-state index contributed by atoms with van der Waals surface area (Å²) < 4.78 is 7.52. The predicted octanol–water partition coefficient (Wildman–Crippen LogP) is 4.57. The van der Waals surface area contributed by atoms with Crippen LogP contribution in [-0.2, 0) is 4.74 Å². The van der Waals surface area contributed by atoms with Gasteiger partial charge in [-0.2, -0.15) is 0 Å². The molecule has 122 valence electrons. The molecule has 0 unspecified atom stereocenters. The number of carbonyl (C=O) groups is 2. The molecule has 1 aromatic heterocycles. The minimum Gasteiger partial charge on any atom is -0.465 e. The van der Waals surface area contributed by atoms with E-state index in [9.17, 15) is 9.59 Å². The smallest absolute Gasteiger partial charge is 0.339 e. The summed E-state index contributed by atoms with van der Waals surface area (Å²) in [5.74, 6) is -0.434. The molecule has 0 aliphatic heterocycles. The molecular formula is C19H16BrNO3. The molecule has 1 heterocycles. The summed E-state index contributed by atoms with van der Waals surface area (Å²) in [5.41, 5.74) is 3.51. The molecular weight excluding hydrogens is 370 g/mol. The number of hydrogen-bond donors (Lipinski definition) is 0. The largest absolute Gasteiger partial charge is 0.465 e. The lowest BCUT2D eigenvalue weighted by Gasteiger charge is -2.17. The molecule has 1 aliphatic rings. The second kappa shape index (κ2) is 7.01. The number of para-hydroxylation sites is 1. The van der Waals surface area contributed by atoms with E-state index in [2.05, 4.69) is 22.0 Å². The fourth-order valence-corrected chi connectivity index (χ4v) is 3.56. The molecule has 24 heavy (non-hydrogen) atoms. The summed E-state index contributed by atoms with van der Waals surface area (Å²) in [6.45, 7) is 0. The van der Waals surface area contributed by atoms with E-state index >= 15 is 0 Å². The number of aldehydes is 1. The summed E-state index contributed by atoms with van der Waals surface area (Å²) in [5, 5.41) is 0. The third-order valence-corrected chi connectivity index (χ3v) is 4.58. The van der Waals surface area contributed by atoms with Crippen molar-refractivity contribution in [3.8, 4) is 5.69 Å². The Bertz CT molecular complexity index is 861. The van der Waals surface area contributed by atoms with Gasteiger partial charge in [0.15, 0.2) is 6.29 Å².